The maximum atomic E-state index is 6.16. The van der Waals surface area contributed by atoms with Crippen LogP contribution in [0.25, 0.3) is 0 Å². The molecule has 118 valence electrons. The Morgan fingerprint density at radius 1 is 1.09 bits per heavy atom. The largest absolute Gasteiger partial charge is 0.490 e. The Hall–Kier alpha value is -1.48. The maximum absolute atomic E-state index is 6.16. The van der Waals surface area contributed by atoms with E-state index >= 15 is 0 Å². The summed E-state index contributed by atoms with van der Waals surface area (Å²) in [5.74, 6) is 0.751. The summed E-state index contributed by atoms with van der Waals surface area (Å²) in [5.41, 5.74) is 9.46. The molecule has 2 nitrogen and oxygen atoms in total. The van der Waals surface area contributed by atoms with Crippen LogP contribution in [0.3, 0.4) is 0 Å². The van der Waals surface area contributed by atoms with Crippen LogP contribution in [0.2, 0.25) is 0 Å². The molecule has 22 heavy (non-hydrogen) atoms. The average Bonchev–Trinajstić information content (AvgIpc) is 2.45. The summed E-state index contributed by atoms with van der Waals surface area (Å²) in [6.45, 7) is 7.18. The third kappa shape index (κ3) is 4.51. The van der Waals surface area contributed by atoms with Gasteiger partial charge in [-0.05, 0) is 57.4 Å². The van der Waals surface area contributed by atoms with Crippen molar-refractivity contribution in [3.05, 3.63) is 58.1 Å². The number of ether oxygens (including phenoxy) is 1. The summed E-state index contributed by atoms with van der Waals surface area (Å²) in [6, 6.07) is 14.6. The lowest BCUT2D eigenvalue weighted by atomic mass is 9.87. The Labute approximate surface area is 141 Å². The number of aryl methyl sites for hydroxylation is 1. The van der Waals surface area contributed by atoms with Crippen molar-refractivity contribution in [1.29, 1.82) is 0 Å². The first-order valence-corrected chi connectivity index (χ1v) is 8.43. The molecule has 0 radical (unpaired) electrons. The molecule has 0 aliphatic rings. The minimum Gasteiger partial charge on any atom is -0.490 e. The average molecular weight is 362 g/mol. The Balaban J connectivity index is 1.96. The molecule has 0 amide bonds. The van der Waals surface area contributed by atoms with E-state index in [4.69, 9.17) is 10.5 Å². The molecule has 2 aromatic carbocycles. The van der Waals surface area contributed by atoms with E-state index in [1.54, 1.807) is 0 Å². The first-order valence-electron chi connectivity index (χ1n) is 7.64. The molecule has 2 aromatic rings. The Morgan fingerprint density at radius 3 is 2.36 bits per heavy atom. The van der Waals surface area contributed by atoms with E-state index in [0.717, 1.165) is 23.1 Å². The van der Waals surface area contributed by atoms with Gasteiger partial charge in [0.1, 0.15) is 0 Å². The summed E-state index contributed by atoms with van der Waals surface area (Å²) < 4.78 is 6.81. The summed E-state index contributed by atoms with van der Waals surface area (Å²) in [6.07, 6.45) is 1.98. The zero-order valence-corrected chi connectivity index (χ0v) is 15.1. The van der Waals surface area contributed by atoms with Crippen molar-refractivity contribution in [3.63, 3.8) is 0 Å². The van der Waals surface area contributed by atoms with E-state index < -0.39 is 0 Å². The zero-order valence-electron chi connectivity index (χ0n) is 13.5. The molecule has 0 bridgehead atoms. The minimum atomic E-state index is 0.0719. The number of hydrogen-bond donors (Lipinski definition) is 1. The van der Waals surface area contributed by atoms with Crippen LogP contribution in [0, 0.1) is 0 Å². The second-order valence-electron chi connectivity index (χ2n) is 6.56. The molecule has 0 saturated heterocycles. The fourth-order valence-corrected chi connectivity index (χ4v) is 2.89. The van der Waals surface area contributed by atoms with Crippen molar-refractivity contribution in [1.82, 2.24) is 0 Å². The van der Waals surface area contributed by atoms with Gasteiger partial charge < -0.3 is 10.5 Å². The normalized spacial score (nSPS) is 11.5. The number of halogens is 1. The molecule has 0 aromatic heterocycles. The Kier molecular flexibility index (Phi) is 5.52. The molecule has 0 heterocycles. The zero-order chi connectivity index (χ0) is 16.2. The van der Waals surface area contributed by atoms with Gasteiger partial charge >= 0.3 is 0 Å². The van der Waals surface area contributed by atoms with Gasteiger partial charge in [-0.15, -0.1) is 0 Å². The summed E-state index contributed by atoms with van der Waals surface area (Å²) in [4.78, 5) is 0. The maximum Gasteiger partial charge on any atom is 0.156 e. The predicted octanol–water partition coefficient (Wildman–Crippen LogP) is 5.34. The third-order valence-electron chi connectivity index (χ3n) is 3.64. The second-order valence-corrected chi connectivity index (χ2v) is 7.42. The molecule has 0 fully saturated rings. The standard InChI is InChI=1S/C19H24BrNO/c1-19(2,3)15-12-16(20)18(17(21)13-15)22-11-7-10-14-8-5-4-6-9-14/h4-6,8-9,12-13H,7,10-11,21H2,1-3H3. The lowest BCUT2D eigenvalue weighted by Gasteiger charge is -2.21. The fourth-order valence-electron chi connectivity index (χ4n) is 2.30. The topological polar surface area (TPSA) is 35.2 Å². The van der Waals surface area contributed by atoms with Gasteiger partial charge in [0.2, 0.25) is 0 Å². The summed E-state index contributed by atoms with van der Waals surface area (Å²) in [7, 11) is 0. The van der Waals surface area contributed by atoms with Gasteiger partial charge in [-0.25, -0.2) is 0 Å². The van der Waals surface area contributed by atoms with Crippen LogP contribution in [0.4, 0.5) is 5.69 Å². The highest BCUT2D eigenvalue weighted by atomic mass is 79.9. The monoisotopic (exact) mass is 361 g/mol. The van der Waals surface area contributed by atoms with Crippen molar-refractivity contribution in [3.8, 4) is 5.75 Å². The minimum absolute atomic E-state index is 0.0719. The van der Waals surface area contributed by atoms with E-state index in [1.165, 1.54) is 11.1 Å². The van der Waals surface area contributed by atoms with E-state index in [0.29, 0.717) is 12.3 Å². The molecule has 0 aliphatic carbocycles. The molecule has 0 aliphatic heterocycles. The molecule has 0 saturated carbocycles. The van der Waals surface area contributed by atoms with Crippen LogP contribution >= 0.6 is 15.9 Å². The number of benzene rings is 2. The quantitative estimate of drug-likeness (QED) is 0.576. The van der Waals surface area contributed by atoms with Gasteiger partial charge in [0.15, 0.2) is 5.75 Å². The molecule has 2 N–H and O–H groups in total. The molecule has 2 rings (SSSR count). The Bertz CT molecular complexity index is 594. The van der Waals surface area contributed by atoms with Crippen LogP contribution in [-0.4, -0.2) is 6.61 Å². The van der Waals surface area contributed by atoms with Crippen LogP contribution in [0.1, 0.15) is 38.3 Å². The number of rotatable bonds is 5. The third-order valence-corrected chi connectivity index (χ3v) is 4.23. The van der Waals surface area contributed by atoms with Crippen molar-refractivity contribution in [2.24, 2.45) is 0 Å². The molecule has 0 unspecified atom stereocenters. The van der Waals surface area contributed by atoms with E-state index in [1.807, 2.05) is 12.1 Å². The molecule has 0 atom stereocenters. The van der Waals surface area contributed by atoms with Crippen LogP contribution in [-0.2, 0) is 11.8 Å². The number of nitrogen functional groups attached to an aromatic ring is 1. The summed E-state index contributed by atoms with van der Waals surface area (Å²) >= 11 is 3.58. The lowest BCUT2D eigenvalue weighted by Crippen LogP contribution is -2.12. The second kappa shape index (κ2) is 7.19. The van der Waals surface area contributed by atoms with Crippen molar-refractivity contribution in [2.45, 2.75) is 39.0 Å². The molecular formula is C19H24BrNO. The molecule has 0 spiro atoms. The van der Waals surface area contributed by atoms with E-state index in [-0.39, 0.29) is 5.41 Å². The van der Waals surface area contributed by atoms with Gasteiger partial charge in [0, 0.05) is 0 Å². The first kappa shape index (κ1) is 16.9. The molecule has 3 heteroatoms. The van der Waals surface area contributed by atoms with Gasteiger partial charge in [-0.3, -0.25) is 0 Å². The number of hydrogen-bond acceptors (Lipinski definition) is 2. The van der Waals surface area contributed by atoms with Gasteiger partial charge in [0.05, 0.1) is 16.8 Å². The SMILES string of the molecule is CC(C)(C)c1cc(N)c(OCCCc2ccccc2)c(Br)c1. The van der Waals surface area contributed by atoms with Crippen LogP contribution in [0.5, 0.6) is 5.75 Å². The fraction of sp³-hybridized carbons (Fsp3) is 0.368. The number of nitrogens with two attached hydrogens (primary N) is 1. The van der Waals surface area contributed by atoms with Crippen LogP contribution in [0.15, 0.2) is 46.9 Å². The Morgan fingerprint density at radius 2 is 1.77 bits per heavy atom. The predicted molar refractivity (Wildman–Crippen MR) is 97.5 cm³/mol. The number of anilines is 1. The van der Waals surface area contributed by atoms with Gasteiger partial charge in [0.25, 0.3) is 0 Å². The highest BCUT2D eigenvalue weighted by Gasteiger charge is 2.17. The highest BCUT2D eigenvalue weighted by molar-refractivity contribution is 9.10. The first-order chi connectivity index (χ1) is 10.4. The highest BCUT2D eigenvalue weighted by Crippen LogP contribution is 2.36. The van der Waals surface area contributed by atoms with E-state index in [9.17, 15) is 0 Å². The van der Waals surface area contributed by atoms with Gasteiger partial charge in [-0.2, -0.15) is 0 Å². The van der Waals surface area contributed by atoms with Crippen molar-refractivity contribution in [2.75, 3.05) is 12.3 Å². The van der Waals surface area contributed by atoms with Gasteiger partial charge in [-0.1, -0.05) is 51.1 Å². The van der Waals surface area contributed by atoms with Crippen molar-refractivity contribution >= 4 is 21.6 Å². The van der Waals surface area contributed by atoms with Crippen molar-refractivity contribution < 1.29 is 4.74 Å². The van der Waals surface area contributed by atoms with E-state index in [2.05, 4.69) is 67.0 Å². The van der Waals surface area contributed by atoms with Crippen LogP contribution < -0.4 is 10.5 Å². The smallest absolute Gasteiger partial charge is 0.156 e. The molecular weight excluding hydrogens is 338 g/mol. The lowest BCUT2D eigenvalue weighted by molar-refractivity contribution is 0.310. The summed E-state index contributed by atoms with van der Waals surface area (Å²) in [5, 5.41) is 0.